The summed E-state index contributed by atoms with van der Waals surface area (Å²) in [6.07, 6.45) is 12.3. The SMILES string of the molecule is CNC/C(=C/c1cccc(C2CC2)c1)C1CCCCC1. The fraction of sp³-hybridized carbons (Fsp3) is 0.579. The van der Waals surface area contributed by atoms with E-state index >= 15 is 0 Å². The van der Waals surface area contributed by atoms with Crippen molar-refractivity contribution in [3.8, 4) is 0 Å². The number of benzene rings is 1. The summed E-state index contributed by atoms with van der Waals surface area (Å²) in [5.41, 5.74) is 4.57. The molecule has 1 nitrogen and oxygen atoms in total. The summed E-state index contributed by atoms with van der Waals surface area (Å²) in [5.74, 6) is 1.66. The largest absolute Gasteiger partial charge is 0.316 e. The highest BCUT2D eigenvalue weighted by molar-refractivity contribution is 5.55. The molecule has 2 aliphatic rings. The van der Waals surface area contributed by atoms with Gasteiger partial charge in [0.1, 0.15) is 0 Å². The van der Waals surface area contributed by atoms with Crippen molar-refractivity contribution in [1.29, 1.82) is 0 Å². The van der Waals surface area contributed by atoms with Crippen LogP contribution in [0.15, 0.2) is 29.8 Å². The number of likely N-dealkylation sites (N-methyl/N-ethyl adjacent to an activating group) is 1. The second-order valence-electron chi connectivity index (χ2n) is 6.53. The molecule has 1 heteroatoms. The summed E-state index contributed by atoms with van der Waals surface area (Å²) in [7, 11) is 2.07. The zero-order chi connectivity index (χ0) is 13.8. The molecule has 0 saturated heterocycles. The van der Waals surface area contributed by atoms with Gasteiger partial charge in [-0.05, 0) is 55.7 Å². The van der Waals surface area contributed by atoms with Gasteiger partial charge in [-0.1, -0.05) is 55.2 Å². The van der Waals surface area contributed by atoms with Crippen LogP contribution in [-0.2, 0) is 0 Å². The van der Waals surface area contributed by atoms with E-state index in [9.17, 15) is 0 Å². The lowest BCUT2D eigenvalue weighted by Crippen LogP contribution is -2.19. The van der Waals surface area contributed by atoms with Gasteiger partial charge in [0.05, 0.1) is 0 Å². The third-order valence-electron chi connectivity index (χ3n) is 4.82. The van der Waals surface area contributed by atoms with Crippen LogP contribution in [0.2, 0.25) is 0 Å². The molecule has 108 valence electrons. The Kier molecular flexibility index (Phi) is 4.57. The highest BCUT2D eigenvalue weighted by atomic mass is 14.8. The minimum Gasteiger partial charge on any atom is -0.316 e. The maximum absolute atomic E-state index is 3.37. The predicted octanol–water partition coefficient (Wildman–Crippen LogP) is 4.75. The highest BCUT2D eigenvalue weighted by Gasteiger charge is 2.23. The van der Waals surface area contributed by atoms with Crippen molar-refractivity contribution < 1.29 is 0 Å². The van der Waals surface area contributed by atoms with Gasteiger partial charge in [0.15, 0.2) is 0 Å². The van der Waals surface area contributed by atoms with Crippen molar-refractivity contribution in [2.24, 2.45) is 5.92 Å². The highest BCUT2D eigenvalue weighted by Crippen LogP contribution is 2.40. The molecule has 2 aliphatic carbocycles. The molecular weight excluding hydrogens is 242 g/mol. The van der Waals surface area contributed by atoms with E-state index in [0.29, 0.717) is 0 Å². The molecule has 20 heavy (non-hydrogen) atoms. The maximum Gasteiger partial charge on any atom is 0.0167 e. The van der Waals surface area contributed by atoms with Gasteiger partial charge >= 0.3 is 0 Å². The van der Waals surface area contributed by atoms with Gasteiger partial charge < -0.3 is 5.32 Å². The normalized spacial score (nSPS) is 21.1. The first-order chi connectivity index (χ1) is 9.86. The van der Waals surface area contributed by atoms with E-state index in [-0.39, 0.29) is 0 Å². The summed E-state index contributed by atoms with van der Waals surface area (Å²) in [4.78, 5) is 0. The quantitative estimate of drug-likeness (QED) is 0.813. The molecule has 1 aromatic carbocycles. The first-order valence-corrected chi connectivity index (χ1v) is 8.32. The van der Waals surface area contributed by atoms with Gasteiger partial charge in [-0.3, -0.25) is 0 Å². The third kappa shape index (κ3) is 3.52. The van der Waals surface area contributed by atoms with Crippen molar-refractivity contribution in [2.45, 2.75) is 50.9 Å². The minimum atomic E-state index is 0.806. The van der Waals surface area contributed by atoms with Crippen LogP contribution in [-0.4, -0.2) is 13.6 Å². The summed E-state index contributed by atoms with van der Waals surface area (Å²) in [5, 5.41) is 3.37. The monoisotopic (exact) mass is 269 g/mol. The summed E-state index contributed by atoms with van der Waals surface area (Å²) < 4.78 is 0. The minimum absolute atomic E-state index is 0.806. The molecule has 1 aromatic rings. The Balaban J connectivity index is 1.79. The van der Waals surface area contributed by atoms with Crippen LogP contribution in [0.5, 0.6) is 0 Å². The standard InChI is InChI=1S/C19H27N/c1-20-14-19(16-7-3-2-4-8-16)13-15-6-5-9-18(12-15)17-10-11-17/h5-6,9,12-13,16-17,20H,2-4,7-8,10-11,14H2,1H3/b19-13-. The number of rotatable bonds is 5. The maximum atomic E-state index is 3.37. The van der Waals surface area contributed by atoms with Gasteiger partial charge in [-0.25, -0.2) is 0 Å². The first-order valence-electron chi connectivity index (χ1n) is 8.32. The zero-order valence-corrected chi connectivity index (χ0v) is 12.7. The van der Waals surface area contributed by atoms with Crippen LogP contribution in [0.25, 0.3) is 6.08 Å². The van der Waals surface area contributed by atoms with E-state index in [1.165, 1.54) is 50.5 Å². The average Bonchev–Trinajstić information content (AvgIpc) is 3.33. The lowest BCUT2D eigenvalue weighted by atomic mass is 9.83. The molecular formula is C19H27N. The summed E-state index contributed by atoms with van der Waals surface area (Å²) in [6.45, 7) is 1.04. The van der Waals surface area contributed by atoms with E-state index in [1.807, 2.05) is 0 Å². The van der Waals surface area contributed by atoms with Crippen LogP contribution in [0.1, 0.15) is 62.0 Å². The Morgan fingerprint density at radius 1 is 1.15 bits per heavy atom. The van der Waals surface area contributed by atoms with Gasteiger partial charge in [-0.15, -0.1) is 0 Å². The Morgan fingerprint density at radius 3 is 2.65 bits per heavy atom. The lowest BCUT2D eigenvalue weighted by Gasteiger charge is -2.24. The van der Waals surface area contributed by atoms with Crippen molar-refractivity contribution in [3.63, 3.8) is 0 Å². The molecule has 0 bridgehead atoms. The van der Waals surface area contributed by atoms with Crippen molar-refractivity contribution in [2.75, 3.05) is 13.6 Å². The Morgan fingerprint density at radius 2 is 1.95 bits per heavy atom. The second-order valence-corrected chi connectivity index (χ2v) is 6.53. The van der Waals surface area contributed by atoms with E-state index in [2.05, 4.69) is 42.7 Å². The second kappa shape index (κ2) is 6.58. The van der Waals surface area contributed by atoms with Crippen LogP contribution in [0.3, 0.4) is 0 Å². The van der Waals surface area contributed by atoms with Gasteiger partial charge in [-0.2, -0.15) is 0 Å². The lowest BCUT2D eigenvalue weighted by molar-refractivity contribution is 0.398. The van der Waals surface area contributed by atoms with Crippen LogP contribution in [0, 0.1) is 5.92 Å². The molecule has 0 aromatic heterocycles. The van der Waals surface area contributed by atoms with Gasteiger partial charge in [0, 0.05) is 6.54 Å². The Labute approximate surface area is 123 Å². The molecule has 1 N–H and O–H groups in total. The summed E-state index contributed by atoms with van der Waals surface area (Å²) >= 11 is 0. The molecule has 0 spiro atoms. The molecule has 3 rings (SSSR count). The number of hydrogen-bond donors (Lipinski definition) is 1. The van der Waals surface area contributed by atoms with Crippen LogP contribution < -0.4 is 5.32 Å². The number of hydrogen-bond acceptors (Lipinski definition) is 1. The van der Waals surface area contributed by atoms with Gasteiger partial charge in [0.2, 0.25) is 0 Å². The van der Waals surface area contributed by atoms with E-state index in [0.717, 1.165) is 18.4 Å². The fourth-order valence-electron chi connectivity index (χ4n) is 3.52. The van der Waals surface area contributed by atoms with E-state index < -0.39 is 0 Å². The molecule has 0 unspecified atom stereocenters. The zero-order valence-electron chi connectivity index (χ0n) is 12.7. The average molecular weight is 269 g/mol. The topological polar surface area (TPSA) is 12.0 Å². The molecule has 0 heterocycles. The molecule has 0 atom stereocenters. The smallest absolute Gasteiger partial charge is 0.0167 e. The molecule has 2 saturated carbocycles. The van der Waals surface area contributed by atoms with Crippen molar-refractivity contribution >= 4 is 6.08 Å². The van der Waals surface area contributed by atoms with Crippen LogP contribution in [0.4, 0.5) is 0 Å². The Bertz CT molecular complexity index is 464. The Hall–Kier alpha value is -1.08. The third-order valence-corrected chi connectivity index (χ3v) is 4.82. The predicted molar refractivity (Wildman–Crippen MR) is 86.9 cm³/mol. The summed E-state index contributed by atoms with van der Waals surface area (Å²) in [6, 6.07) is 9.21. The molecule has 0 aliphatic heterocycles. The first kappa shape index (κ1) is 13.9. The molecule has 0 amide bonds. The molecule has 2 fully saturated rings. The fourth-order valence-corrected chi connectivity index (χ4v) is 3.52. The van der Waals surface area contributed by atoms with Gasteiger partial charge in [0.25, 0.3) is 0 Å². The van der Waals surface area contributed by atoms with Crippen molar-refractivity contribution in [1.82, 2.24) is 5.32 Å². The van der Waals surface area contributed by atoms with Crippen LogP contribution >= 0.6 is 0 Å². The molecule has 0 radical (unpaired) electrons. The van der Waals surface area contributed by atoms with E-state index in [4.69, 9.17) is 0 Å². The number of nitrogens with one attached hydrogen (secondary N) is 1. The van der Waals surface area contributed by atoms with E-state index in [1.54, 1.807) is 11.1 Å². The van der Waals surface area contributed by atoms with Crippen molar-refractivity contribution in [3.05, 3.63) is 41.0 Å².